The lowest BCUT2D eigenvalue weighted by molar-refractivity contribution is 0.223. The molecule has 1 N–H and O–H groups in total. The van der Waals surface area contributed by atoms with Gasteiger partial charge in [0.05, 0.1) is 4.47 Å². The van der Waals surface area contributed by atoms with Crippen molar-refractivity contribution >= 4 is 31.9 Å². The van der Waals surface area contributed by atoms with Crippen LogP contribution in [-0.4, -0.2) is 11.7 Å². The van der Waals surface area contributed by atoms with E-state index >= 15 is 0 Å². The van der Waals surface area contributed by atoms with Gasteiger partial charge >= 0.3 is 0 Å². The van der Waals surface area contributed by atoms with Gasteiger partial charge in [-0.1, -0.05) is 34.1 Å². The summed E-state index contributed by atoms with van der Waals surface area (Å²) in [6, 6.07) is 10.2. The van der Waals surface area contributed by atoms with Crippen LogP contribution in [0.3, 0.4) is 0 Å². The molecule has 0 aliphatic carbocycles. The van der Waals surface area contributed by atoms with Crippen molar-refractivity contribution in [2.45, 2.75) is 12.8 Å². The van der Waals surface area contributed by atoms with Gasteiger partial charge in [-0.05, 0) is 58.5 Å². The Balaban J connectivity index is 2.21. The Morgan fingerprint density at radius 1 is 0.952 bits per heavy atom. The molecule has 1 nitrogen and oxygen atoms in total. The first kappa shape index (κ1) is 16.6. The molecule has 1 unspecified atom stereocenters. The second-order valence-corrected chi connectivity index (χ2v) is 6.58. The fourth-order valence-corrected chi connectivity index (χ4v) is 3.04. The number of benzene rings is 2. The second kappa shape index (κ2) is 7.47. The summed E-state index contributed by atoms with van der Waals surface area (Å²) in [4.78, 5) is 0. The van der Waals surface area contributed by atoms with Crippen molar-refractivity contribution in [1.29, 1.82) is 0 Å². The van der Waals surface area contributed by atoms with Crippen LogP contribution in [-0.2, 0) is 12.8 Å². The van der Waals surface area contributed by atoms with E-state index in [9.17, 15) is 13.9 Å². The van der Waals surface area contributed by atoms with Crippen LogP contribution in [0.25, 0.3) is 0 Å². The first-order valence-electron chi connectivity index (χ1n) is 6.49. The van der Waals surface area contributed by atoms with E-state index in [4.69, 9.17) is 0 Å². The lowest BCUT2D eigenvalue weighted by Crippen LogP contribution is -2.15. The van der Waals surface area contributed by atoms with Gasteiger partial charge in [-0.15, -0.1) is 0 Å². The Hall–Kier alpha value is -0.780. The summed E-state index contributed by atoms with van der Waals surface area (Å²) < 4.78 is 29.0. The molecule has 1 atom stereocenters. The van der Waals surface area contributed by atoms with E-state index in [1.54, 1.807) is 0 Å². The molecule has 0 bridgehead atoms. The molecule has 0 heterocycles. The van der Waals surface area contributed by atoms with E-state index < -0.39 is 11.6 Å². The summed E-state index contributed by atoms with van der Waals surface area (Å²) in [6.45, 7) is -0.132. The normalized spacial score (nSPS) is 12.4. The zero-order valence-electron chi connectivity index (χ0n) is 11.1. The molecule has 2 rings (SSSR count). The highest BCUT2D eigenvalue weighted by Gasteiger charge is 2.18. The molecule has 0 amide bonds. The maximum absolute atomic E-state index is 14.0. The van der Waals surface area contributed by atoms with Crippen molar-refractivity contribution in [2.24, 2.45) is 5.92 Å². The Labute approximate surface area is 139 Å². The Morgan fingerprint density at radius 3 is 2.33 bits per heavy atom. The minimum Gasteiger partial charge on any atom is -0.396 e. The first-order valence-corrected chi connectivity index (χ1v) is 8.08. The smallest absolute Gasteiger partial charge is 0.143 e. The molecule has 112 valence electrons. The average Bonchev–Trinajstić information content (AvgIpc) is 2.48. The fourth-order valence-electron chi connectivity index (χ4n) is 2.22. The molecule has 0 fully saturated rings. The van der Waals surface area contributed by atoms with Crippen LogP contribution < -0.4 is 0 Å². The number of hydrogen-bond donors (Lipinski definition) is 1. The highest BCUT2D eigenvalue weighted by Crippen LogP contribution is 2.26. The van der Waals surface area contributed by atoms with Crippen LogP contribution in [0.2, 0.25) is 0 Å². The molecule has 5 heteroatoms. The predicted molar refractivity (Wildman–Crippen MR) is 86.2 cm³/mol. The van der Waals surface area contributed by atoms with E-state index in [0.29, 0.717) is 6.42 Å². The topological polar surface area (TPSA) is 20.2 Å². The molecule has 0 saturated heterocycles. The van der Waals surface area contributed by atoms with Crippen LogP contribution in [0, 0.1) is 17.6 Å². The molecule has 0 radical (unpaired) electrons. The Bertz CT molecular complexity index is 632. The van der Waals surface area contributed by atoms with Gasteiger partial charge in [-0.2, -0.15) is 0 Å². The molecule has 0 aromatic heterocycles. The van der Waals surface area contributed by atoms with Crippen LogP contribution in [0.5, 0.6) is 0 Å². The van der Waals surface area contributed by atoms with Crippen molar-refractivity contribution in [3.8, 4) is 0 Å². The standard InChI is InChI=1S/C16H14Br2F2O/c17-13-4-2-1-3-11(13)7-10(9-21)8-12-15(19)6-5-14(18)16(12)20/h1-6,10,21H,7-9H2. The summed E-state index contributed by atoms with van der Waals surface area (Å²) >= 11 is 6.50. The van der Waals surface area contributed by atoms with Gasteiger partial charge in [0.1, 0.15) is 11.6 Å². The Kier molecular flexibility index (Phi) is 5.90. The van der Waals surface area contributed by atoms with Gasteiger partial charge < -0.3 is 5.11 Å². The van der Waals surface area contributed by atoms with Crippen molar-refractivity contribution in [1.82, 2.24) is 0 Å². The van der Waals surface area contributed by atoms with E-state index in [1.165, 1.54) is 12.1 Å². The fraction of sp³-hybridized carbons (Fsp3) is 0.250. The van der Waals surface area contributed by atoms with E-state index in [2.05, 4.69) is 31.9 Å². The van der Waals surface area contributed by atoms with Crippen LogP contribution in [0.4, 0.5) is 8.78 Å². The number of aliphatic hydroxyl groups excluding tert-OH is 1. The first-order chi connectivity index (χ1) is 10.0. The van der Waals surface area contributed by atoms with E-state index in [0.717, 1.165) is 10.0 Å². The van der Waals surface area contributed by atoms with Crippen molar-refractivity contribution in [3.63, 3.8) is 0 Å². The van der Waals surface area contributed by atoms with Crippen LogP contribution in [0.15, 0.2) is 45.3 Å². The zero-order chi connectivity index (χ0) is 15.4. The summed E-state index contributed by atoms with van der Waals surface area (Å²) in [5.41, 5.74) is 1.02. The van der Waals surface area contributed by atoms with Crippen LogP contribution in [0.1, 0.15) is 11.1 Å². The molecular formula is C16H14Br2F2O. The molecule has 0 aliphatic heterocycles. The minimum absolute atomic E-state index is 0.00970. The number of rotatable bonds is 5. The largest absolute Gasteiger partial charge is 0.396 e. The predicted octanol–water partition coefficient (Wildman–Crippen LogP) is 4.88. The Morgan fingerprint density at radius 2 is 1.67 bits per heavy atom. The molecule has 0 spiro atoms. The molecule has 0 saturated carbocycles. The highest BCUT2D eigenvalue weighted by atomic mass is 79.9. The van der Waals surface area contributed by atoms with Crippen molar-refractivity contribution in [3.05, 3.63) is 68.1 Å². The van der Waals surface area contributed by atoms with Gasteiger partial charge in [-0.25, -0.2) is 8.78 Å². The molecule has 2 aromatic carbocycles. The third-order valence-corrected chi connectivity index (χ3v) is 4.74. The number of hydrogen-bond acceptors (Lipinski definition) is 1. The van der Waals surface area contributed by atoms with Gasteiger partial charge in [0.25, 0.3) is 0 Å². The number of aliphatic hydroxyl groups is 1. The second-order valence-electron chi connectivity index (χ2n) is 4.87. The SMILES string of the molecule is OCC(Cc1ccccc1Br)Cc1c(F)ccc(Br)c1F. The third-order valence-electron chi connectivity index (χ3n) is 3.36. The number of halogens is 4. The third kappa shape index (κ3) is 4.11. The van der Waals surface area contributed by atoms with Gasteiger partial charge in [0.2, 0.25) is 0 Å². The summed E-state index contributed by atoms with van der Waals surface area (Å²) in [7, 11) is 0. The molecule has 0 aliphatic rings. The molecule has 21 heavy (non-hydrogen) atoms. The van der Waals surface area contributed by atoms with E-state index in [-0.39, 0.29) is 29.0 Å². The van der Waals surface area contributed by atoms with Crippen molar-refractivity contribution < 1.29 is 13.9 Å². The van der Waals surface area contributed by atoms with Crippen molar-refractivity contribution in [2.75, 3.05) is 6.61 Å². The summed E-state index contributed by atoms with van der Waals surface area (Å²) in [5, 5.41) is 9.52. The molecule has 2 aromatic rings. The van der Waals surface area contributed by atoms with E-state index in [1.807, 2.05) is 24.3 Å². The highest BCUT2D eigenvalue weighted by molar-refractivity contribution is 9.10. The zero-order valence-corrected chi connectivity index (χ0v) is 14.3. The average molecular weight is 420 g/mol. The lowest BCUT2D eigenvalue weighted by Gasteiger charge is -2.16. The maximum Gasteiger partial charge on any atom is 0.143 e. The van der Waals surface area contributed by atoms with Gasteiger partial charge in [0, 0.05) is 16.6 Å². The summed E-state index contributed by atoms with van der Waals surface area (Å²) in [5.74, 6) is -1.43. The maximum atomic E-state index is 14.0. The lowest BCUT2D eigenvalue weighted by atomic mass is 9.93. The monoisotopic (exact) mass is 418 g/mol. The van der Waals surface area contributed by atoms with Gasteiger partial charge in [-0.3, -0.25) is 0 Å². The quantitative estimate of drug-likeness (QED) is 0.684. The van der Waals surface area contributed by atoms with Crippen LogP contribution >= 0.6 is 31.9 Å². The minimum atomic E-state index is -0.597. The van der Waals surface area contributed by atoms with Gasteiger partial charge in [0.15, 0.2) is 0 Å². The summed E-state index contributed by atoms with van der Waals surface area (Å²) in [6.07, 6.45) is 0.693. The molecular weight excluding hydrogens is 406 g/mol.